The van der Waals surface area contributed by atoms with Gasteiger partial charge in [0.1, 0.15) is 5.82 Å². The molecular weight excluding hydrogens is 311 g/mol. The highest BCUT2D eigenvalue weighted by Crippen LogP contribution is 2.45. The van der Waals surface area contributed by atoms with Gasteiger partial charge in [-0.2, -0.15) is 0 Å². The number of nitrogens with two attached hydrogens (primary N) is 1. The number of rotatable bonds is 4. The summed E-state index contributed by atoms with van der Waals surface area (Å²) in [7, 11) is 0. The summed E-state index contributed by atoms with van der Waals surface area (Å²) in [5, 5.41) is 3.39. The maximum atomic E-state index is 13.3. The molecule has 0 heterocycles. The minimum Gasteiger partial charge on any atom is -0.397 e. The maximum Gasteiger partial charge on any atom is 0.139 e. The average molecular weight is 331 g/mol. The first-order chi connectivity index (χ1) is 8.86. The summed E-state index contributed by atoms with van der Waals surface area (Å²) in [5.41, 5.74) is 7.08. The smallest absolute Gasteiger partial charge is 0.139 e. The largest absolute Gasteiger partial charge is 0.397 e. The molecule has 19 heavy (non-hydrogen) atoms. The molecule has 0 spiro atoms. The molecule has 3 nitrogen and oxygen atoms in total. The highest BCUT2D eigenvalue weighted by molar-refractivity contribution is 9.10. The van der Waals surface area contributed by atoms with Gasteiger partial charge in [0, 0.05) is 24.1 Å². The SMILES string of the molecule is CCOC1CC(Nc2cc(Br)c(F)cc2N)C1(C)C. The van der Waals surface area contributed by atoms with Gasteiger partial charge in [0.15, 0.2) is 0 Å². The summed E-state index contributed by atoms with van der Waals surface area (Å²) >= 11 is 3.18. The second-order valence-corrected chi connectivity index (χ2v) is 6.41. The van der Waals surface area contributed by atoms with E-state index in [0.717, 1.165) is 18.7 Å². The van der Waals surface area contributed by atoms with Crippen LogP contribution in [-0.4, -0.2) is 18.8 Å². The van der Waals surface area contributed by atoms with Crippen molar-refractivity contribution in [3.63, 3.8) is 0 Å². The lowest BCUT2D eigenvalue weighted by Gasteiger charge is -2.52. The molecule has 0 aromatic heterocycles. The first-order valence-corrected chi connectivity index (χ1v) is 7.28. The van der Waals surface area contributed by atoms with Crippen LogP contribution in [0.25, 0.3) is 0 Å². The van der Waals surface area contributed by atoms with Gasteiger partial charge in [0.25, 0.3) is 0 Å². The van der Waals surface area contributed by atoms with Gasteiger partial charge >= 0.3 is 0 Å². The number of nitrogens with one attached hydrogen (secondary N) is 1. The predicted molar refractivity (Wildman–Crippen MR) is 79.7 cm³/mol. The van der Waals surface area contributed by atoms with Crippen LogP contribution < -0.4 is 11.1 Å². The lowest BCUT2D eigenvalue weighted by atomic mass is 9.64. The standard InChI is InChI=1S/C14H20BrFN2O/c1-4-19-13-7-12(14(13,2)3)18-11-5-8(15)9(16)6-10(11)17/h5-6,12-13,18H,4,7,17H2,1-3H3. The quantitative estimate of drug-likeness (QED) is 0.826. The summed E-state index contributed by atoms with van der Waals surface area (Å²) in [5.74, 6) is -0.344. The van der Waals surface area contributed by atoms with E-state index in [2.05, 4.69) is 35.1 Å². The van der Waals surface area contributed by atoms with Gasteiger partial charge in [-0.15, -0.1) is 0 Å². The zero-order chi connectivity index (χ0) is 14.2. The van der Waals surface area contributed by atoms with Gasteiger partial charge in [0.05, 0.1) is 22.0 Å². The third-order valence-corrected chi connectivity index (χ3v) is 4.58. The normalized spacial score (nSPS) is 24.9. The summed E-state index contributed by atoms with van der Waals surface area (Å²) in [6.07, 6.45) is 1.20. The fourth-order valence-corrected chi connectivity index (χ4v) is 2.83. The van der Waals surface area contributed by atoms with E-state index in [1.165, 1.54) is 6.07 Å². The second kappa shape index (κ2) is 5.29. The van der Waals surface area contributed by atoms with E-state index in [4.69, 9.17) is 10.5 Å². The number of nitrogen functional groups attached to an aromatic ring is 1. The Morgan fingerprint density at radius 3 is 2.79 bits per heavy atom. The van der Waals surface area contributed by atoms with E-state index in [9.17, 15) is 4.39 Å². The average Bonchev–Trinajstić information content (AvgIpc) is 2.34. The zero-order valence-electron chi connectivity index (χ0n) is 11.5. The maximum absolute atomic E-state index is 13.3. The molecule has 0 bridgehead atoms. The van der Waals surface area contributed by atoms with Crippen molar-refractivity contribution in [3.8, 4) is 0 Å². The molecule has 2 atom stereocenters. The summed E-state index contributed by atoms with van der Waals surface area (Å²) in [4.78, 5) is 0. The Morgan fingerprint density at radius 2 is 2.21 bits per heavy atom. The van der Waals surface area contributed by atoms with E-state index in [-0.39, 0.29) is 23.4 Å². The topological polar surface area (TPSA) is 47.3 Å². The molecule has 1 aromatic carbocycles. The number of ether oxygens (including phenoxy) is 1. The van der Waals surface area contributed by atoms with Crippen molar-refractivity contribution < 1.29 is 9.13 Å². The van der Waals surface area contributed by atoms with E-state index >= 15 is 0 Å². The zero-order valence-corrected chi connectivity index (χ0v) is 13.1. The number of anilines is 2. The van der Waals surface area contributed by atoms with Gasteiger partial charge in [-0.1, -0.05) is 13.8 Å². The second-order valence-electron chi connectivity index (χ2n) is 5.55. The number of benzene rings is 1. The van der Waals surface area contributed by atoms with Crippen LogP contribution in [-0.2, 0) is 4.74 Å². The molecule has 3 N–H and O–H groups in total. The Bertz CT molecular complexity index is 479. The van der Waals surface area contributed by atoms with Crippen LogP contribution in [0.4, 0.5) is 15.8 Å². The molecule has 0 aliphatic heterocycles. The fourth-order valence-electron chi connectivity index (χ4n) is 2.49. The van der Waals surface area contributed by atoms with Crippen LogP contribution in [0, 0.1) is 11.2 Å². The molecule has 2 rings (SSSR count). The minimum absolute atomic E-state index is 0.0450. The van der Waals surface area contributed by atoms with Crippen molar-refractivity contribution in [2.45, 2.75) is 39.3 Å². The monoisotopic (exact) mass is 330 g/mol. The molecule has 106 valence electrons. The summed E-state index contributed by atoms with van der Waals surface area (Å²) in [6.45, 7) is 7.07. The van der Waals surface area contributed by atoms with Crippen molar-refractivity contribution in [3.05, 3.63) is 22.4 Å². The highest BCUT2D eigenvalue weighted by Gasteiger charge is 2.49. The first kappa shape index (κ1) is 14.6. The predicted octanol–water partition coefficient (Wildman–Crippen LogP) is 3.79. The molecule has 1 fully saturated rings. The van der Waals surface area contributed by atoms with Crippen LogP contribution in [0.2, 0.25) is 0 Å². The lowest BCUT2D eigenvalue weighted by Crippen LogP contribution is -2.58. The Balaban J connectivity index is 2.09. The Labute approximate surface area is 121 Å². The van der Waals surface area contributed by atoms with E-state index in [0.29, 0.717) is 10.2 Å². The fraction of sp³-hybridized carbons (Fsp3) is 0.571. The van der Waals surface area contributed by atoms with Crippen LogP contribution in [0.15, 0.2) is 16.6 Å². The summed E-state index contributed by atoms with van der Waals surface area (Å²) in [6, 6.07) is 3.30. The Kier molecular flexibility index (Phi) is 4.06. The van der Waals surface area contributed by atoms with Crippen LogP contribution >= 0.6 is 15.9 Å². The highest BCUT2D eigenvalue weighted by atomic mass is 79.9. The Morgan fingerprint density at radius 1 is 1.53 bits per heavy atom. The van der Waals surface area contributed by atoms with Crippen LogP contribution in [0.3, 0.4) is 0 Å². The van der Waals surface area contributed by atoms with Crippen molar-refractivity contribution in [2.75, 3.05) is 17.7 Å². The molecule has 1 aliphatic carbocycles. The van der Waals surface area contributed by atoms with Crippen molar-refractivity contribution in [2.24, 2.45) is 5.41 Å². The molecule has 1 saturated carbocycles. The number of halogens is 2. The number of hydrogen-bond acceptors (Lipinski definition) is 3. The van der Waals surface area contributed by atoms with Crippen LogP contribution in [0.1, 0.15) is 27.2 Å². The van der Waals surface area contributed by atoms with Crippen molar-refractivity contribution in [1.82, 2.24) is 0 Å². The molecule has 0 radical (unpaired) electrons. The van der Waals surface area contributed by atoms with E-state index in [1.807, 2.05) is 6.92 Å². The molecule has 1 aromatic rings. The molecule has 1 aliphatic rings. The van der Waals surface area contributed by atoms with Crippen molar-refractivity contribution in [1.29, 1.82) is 0 Å². The molecule has 0 amide bonds. The summed E-state index contributed by atoms with van der Waals surface area (Å²) < 4.78 is 19.4. The first-order valence-electron chi connectivity index (χ1n) is 6.49. The molecule has 0 saturated heterocycles. The van der Waals surface area contributed by atoms with Crippen LogP contribution in [0.5, 0.6) is 0 Å². The van der Waals surface area contributed by atoms with Gasteiger partial charge in [-0.3, -0.25) is 0 Å². The molecule has 2 unspecified atom stereocenters. The minimum atomic E-state index is -0.344. The van der Waals surface area contributed by atoms with Gasteiger partial charge in [-0.25, -0.2) is 4.39 Å². The van der Waals surface area contributed by atoms with Gasteiger partial charge in [-0.05, 0) is 35.3 Å². The molecular formula is C14H20BrFN2O. The molecule has 5 heteroatoms. The van der Waals surface area contributed by atoms with E-state index < -0.39 is 0 Å². The third-order valence-electron chi connectivity index (χ3n) is 3.97. The van der Waals surface area contributed by atoms with Gasteiger partial charge < -0.3 is 15.8 Å². The third kappa shape index (κ3) is 2.72. The van der Waals surface area contributed by atoms with Gasteiger partial charge in [0.2, 0.25) is 0 Å². The number of hydrogen-bond donors (Lipinski definition) is 2. The van der Waals surface area contributed by atoms with Crippen molar-refractivity contribution >= 4 is 27.3 Å². The lowest BCUT2D eigenvalue weighted by molar-refractivity contribution is -0.0975. The van der Waals surface area contributed by atoms with E-state index in [1.54, 1.807) is 6.07 Å². The Hall–Kier alpha value is -0.810.